The van der Waals surface area contributed by atoms with Gasteiger partial charge in [-0.3, -0.25) is 0 Å². The van der Waals surface area contributed by atoms with E-state index in [1.54, 1.807) is 0 Å². The molecule has 1 aromatic carbocycles. The van der Waals surface area contributed by atoms with E-state index < -0.39 is 0 Å². The molecule has 1 saturated heterocycles. The van der Waals surface area contributed by atoms with Gasteiger partial charge < -0.3 is 5.32 Å². The standard InChI is InChI=1S/C13H16ClN3S2/c1-13(2)5-8(6-18-7-13)15-11-9(14)3-4-10-12(11)17-19-16-10/h3-4,8,15H,5-7H2,1-2H3. The van der Waals surface area contributed by atoms with Gasteiger partial charge in [0.1, 0.15) is 11.0 Å². The van der Waals surface area contributed by atoms with Gasteiger partial charge in [0.25, 0.3) is 0 Å². The van der Waals surface area contributed by atoms with Crippen LogP contribution in [-0.2, 0) is 0 Å². The molecule has 1 aliphatic rings. The number of anilines is 1. The number of nitrogens with one attached hydrogen (secondary N) is 1. The number of rotatable bonds is 2. The van der Waals surface area contributed by atoms with Gasteiger partial charge in [0.05, 0.1) is 22.4 Å². The van der Waals surface area contributed by atoms with Crippen LogP contribution in [0, 0.1) is 5.41 Å². The average molecular weight is 314 g/mol. The van der Waals surface area contributed by atoms with Crippen LogP contribution in [0.5, 0.6) is 0 Å². The van der Waals surface area contributed by atoms with Crippen LogP contribution in [-0.4, -0.2) is 26.3 Å². The molecule has 0 radical (unpaired) electrons. The first-order valence-corrected chi connectivity index (χ1v) is 8.56. The second-order valence-electron chi connectivity index (χ2n) is 5.78. The maximum atomic E-state index is 6.32. The highest BCUT2D eigenvalue weighted by Gasteiger charge is 2.29. The third kappa shape index (κ3) is 2.83. The van der Waals surface area contributed by atoms with E-state index in [-0.39, 0.29) is 0 Å². The van der Waals surface area contributed by atoms with E-state index >= 15 is 0 Å². The number of hydrogen-bond acceptors (Lipinski definition) is 5. The topological polar surface area (TPSA) is 37.8 Å². The van der Waals surface area contributed by atoms with E-state index in [2.05, 4.69) is 27.9 Å². The van der Waals surface area contributed by atoms with Crippen LogP contribution < -0.4 is 5.32 Å². The predicted molar refractivity (Wildman–Crippen MR) is 85.6 cm³/mol. The second-order valence-corrected chi connectivity index (χ2v) is 7.74. The minimum Gasteiger partial charge on any atom is -0.378 e. The number of fused-ring (bicyclic) bond motifs is 1. The Balaban J connectivity index is 1.88. The molecule has 6 heteroatoms. The quantitative estimate of drug-likeness (QED) is 0.897. The van der Waals surface area contributed by atoms with Gasteiger partial charge in [-0.05, 0) is 29.7 Å². The maximum Gasteiger partial charge on any atom is 0.129 e. The molecule has 3 nitrogen and oxygen atoms in total. The lowest BCUT2D eigenvalue weighted by Crippen LogP contribution is -2.35. The van der Waals surface area contributed by atoms with Crippen LogP contribution in [0.2, 0.25) is 5.02 Å². The van der Waals surface area contributed by atoms with Crippen LogP contribution >= 0.6 is 35.1 Å². The Labute approximate surface area is 126 Å². The molecule has 102 valence electrons. The molecule has 2 aromatic rings. The lowest BCUT2D eigenvalue weighted by molar-refractivity contribution is 0.358. The normalized spacial score (nSPS) is 22.6. The van der Waals surface area contributed by atoms with Crippen molar-refractivity contribution in [1.82, 2.24) is 8.75 Å². The molecule has 1 unspecified atom stereocenters. The third-order valence-electron chi connectivity index (χ3n) is 3.34. The van der Waals surface area contributed by atoms with E-state index in [9.17, 15) is 0 Å². The molecule has 0 spiro atoms. The molecule has 19 heavy (non-hydrogen) atoms. The molecule has 3 rings (SSSR count). The predicted octanol–water partition coefficient (Wildman–Crippen LogP) is 4.29. The monoisotopic (exact) mass is 313 g/mol. The van der Waals surface area contributed by atoms with E-state index in [0.717, 1.165) is 33.9 Å². The summed E-state index contributed by atoms with van der Waals surface area (Å²) in [5.74, 6) is 2.34. The van der Waals surface area contributed by atoms with Gasteiger partial charge in [0.15, 0.2) is 0 Å². The summed E-state index contributed by atoms with van der Waals surface area (Å²) < 4.78 is 8.63. The Morgan fingerprint density at radius 1 is 1.37 bits per heavy atom. The minimum atomic E-state index is 0.376. The Hall–Kier alpha value is -0.520. The van der Waals surface area contributed by atoms with E-state index in [4.69, 9.17) is 11.6 Å². The molecule has 0 bridgehead atoms. The lowest BCUT2D eigenvalue weighted by Gasteiger charge is -2.35. The van der Waals surface area contributed by atoms with Crippen LogP contribution in [0.1, 0.15) is 20.3 Å². The van der Waals surface area contributed by atoms with Crippen molar-refractivity contribution in [1.29, 1.82) is 0 Å². The van der Waals surface area contributed by atoms with Crippen LogP contribution in [0.15, 0.2) is 12.1 Å². The van der Waals surface area contributed by atoms with Crippen molar-refractivity contribution < 1.29 is 0 Å². The molecular formula is C13H16ClN3S2. The first kappa shape index (κ1) is 13.5. The van der Waals surface area contributed by atoms with Crippen molar-refractivity contribution in [3.63, 3.8) is 0 Å². The van der Waals surface area contributed by atoms with Gasteiger partial charge in [-0.1, -0.05) is 25.4 Å². The highest BCUT2D eigenvalue weighted by molar-refractivity contribution is 7.99. The Kier molecular flexibility index (Phi) is 3.62. The average Bonchev–Trinajstić information content (AvgIpc) is 2.80. The maximum absolute atomic E-state index is 6.32. The molecular weight excluding hydrogens is 298 g/mol. The first-order chi connectivity index (χ1) is 9.05. The summed E-state index contributed by atoms with van der Waals surface area (Å²) in [4.78, 5) is 0. The highest BCUT2D eigenvalue weighted by Crippen LogP contribution is 2.37. The van der Waals surface area contributed by atoms with Gasteiger partial charge in [0.2, 0.25) is 0 Å². The molecule has 1 aromatic heterocycles. The Bertz CT molecular complexity index is 597. The molecule has 0 saturated carbocycles. The van der Waals surface area contributed by atoms with Crippen molar-refractivity contribution in [2.75, 3.05) is 16.8 Å². The van der Waals surface area contributed by atoms with Crippen molar-refractivity contribution in [2.24, 2.45) is 5.41 Å². The Morgan fingerprint density at radius 3 is 3.00 bits per heavy atom. The zero-order valence-corrected chi connectivity index (χ0v) is 13.3. The lowest BCUT2D eigenvalue weighted by atomic mass is 9.88. The molecule has 2 heterocycles. The summed E-state index contributed by atoms with van der Waals surface area (Å²) in [5.41, 5.74) is 3.13. The number of nitrogens with zero attached hydrogens (tertiary/aromatic N) is 2. The second kappa shape index (κ2) is 5.11. The molecule has 0 amide bonds. The minimum absolute atomic E-state index is 0.376. The Morgan fingerprint density at radius 2 is 2.21 bits per heavy atom. The zero-order valence-electron chi connectivity index (χ0n) is 10.9. The summed E-state index contributed by atoms with van der Waals surface area (Å²) in [5, 5.41) is 4.32. The SMILES string of the molecule is CC1(C)CSCC(Nc2c(Cl)ccc3nsnc23)C1. The fraction of sp³-hybridized carbons (Fsp3) is 0.538. The summed E-state index contributed by atoms with van der Waals surface area (Å²) in [6.07, 6.45) is 1.16. The summed E-state index contributed by atoms with van der Waals surface area (Å²) >= 11 is 9.56. The van der Waals surface area contributed by atoms with Gasteiger partial charge in [-0.15, -0.1) is 0 Å². The van der Waals surface area contributed by atoms with Crippen molar-refractivity contribution in [2.45, 2.75) is 26.3 Å². The van der Waals surface area contributed by atoms with Crippen molar-refractivity contribution in [3.8, 4) is 0 Å². The number of benzene rings is 1. The van der Waals surface area contributed by atoms with Gasteiger partial charge >= 0.3 is 0 Å². The van der Waals surface area contributed by atoms with Gasteiger partial charge in [0, 0.05) is 11.8 Å². The van der Waals surface area contributed by atoms with E-state index in [0.29, 0.717) is 11.5 Å². The first-order valence-electron chi connectivity index (χ1n) is 6.30. The molecule has 0 aliphatic carbocycles. The van der Waals surface area contributed by atoms with Gasteiger partial charge in [-0.2, -0.15) is 20.5 Å². The van der Waals surface area contributed by atoms with Crippen LogP contribution in [0.3, 0.4) is 0 Å². The summed E-state index contributed by atoms with van der Waals surface area (Å²) in [7, 11) is 0. The largest absolute Gasteiger partial charge is 0.378 e. The van der Waals surface area contributed by atoms with Gasteiger partial charge in [-0.25, -0.2) is 0 Å². The number of hydrogen-bond donors (Lipinski definition) is 1. The molecule has 1 N–H and O–H groups in total. The van der Waals surface area contributed by atoms with E-state index in [1.165, 1.54) is 17.5 Å². The highest BCUT2D eigenvalue weighted by atomic mass is 35.5. The fourth-order valence-electron chi connectivity index (χ4n) is 2.52. The van der Waals surface area contributed by atoms with Crippen LogP contribution in [0.4, 0.5) is 5.69 Å². The smallest absolute Gasteiger partial charge is 0.129 e. The summed E-state index contributed by atoms with van der Waals surface area (Å²) in [6, 6.07) is 4.26. The number of thioether (sulfide) groups is 1. The van der Waals surface area contributed by atoms with Crippen molar-refractivity contribution >= 4 is 51.8 Å². The molecule has 1 aliphatic heterocycles. The van der Waals surface area contributed by atoms with E-state index in [1.807, 2.05) is 23.9 Å². The third-order valence-corrected chi connectivity index (χ3v) is 5.82. The number of halogens is 1. The van der Waals surface area contributed by atoms with Crippen LogP contribution in [0.25, 0.3) is 11.0 Å². The number of aromatic nitrogens is 2. The molecule has 1 atom stereocenters. The van der Waals surface area contributed by atoms with Crippen molar-refractivity contribution in [3.05, 3.63) is 17.2 Å². The molecule has 1 fully saturated rings. The zero-order chi connectivity index (χ0) is 13.5. The fourth-order valence-corrected chi connectivity index (χ4v) is 4.55. The summed E-state index contributed by atoms with van der Waals surface area (Å²) in [6.45, 7) is 4.64.